The molecule has 0 radical (unpaired) electrons. The van der Waals surface area contributed by atoms with Gasteiger partial charge in [-0.25, -0.2) is 4.98 Å². The highest BCUT2D eigenvalue weighted by Crippen LogP contribution is 2.32. The number of aliphatic hydroxyl groups excluding tert-OH is 3. The van der Waals surface area contributed by atoms with E-state index in [1.165, 1.54) is 4.57 Å². The minimum absolute atomic E-state index is 0.0325. The van der Waals surface area contributed by atoms with Gasteiger partial charge in [-0.2, -0.15) is 4.98 Å². The second-order valence-corrected chi connectivity index (χ2v) is 6.64. The first-order chi connectivity index (χ1) is 14.4. The number of imidazole rings is 1. The molecule has 6 N–H and O–H groups in total. The summed E-state index contributed by atoms with van der Waals surface area (Å²) in [5.74, 6) is 6.34. The summed E-state index contributed by atoms with van der Waals surface area (Å²) < 4.78 is 12.0. The molecule has 0 saturated carbocycles. The zero-order chi connectivity index (χ0) is 21.4. The Morgan fingerprint density at radius 2 is 1.97 bits per heavy atom. The normalized spacial score (nSPS) is 23.3. The SMILES string of the molecule is COc1ccc(C#Cc2nc3c(=O)[nH]c(N)nc3n2[C@@H]2O[C@H](CO)C(O)C2O)cc1. The predicted molar refractivity (Wildman–Crippen MR) is 105 cm³/mol. The third-order valence-electron chi connectivity index (χ3n) is 4.75. The molecule has 30 heavy (non-hydrogen) atoms. The van der Waals surface area contributed by atoms with Crippen LogP contribution < -0.4 is 16.0 Å². The number of aromatic nitrogens is 4. The minimum Gasteiger partial charge on any atom is -0.497 e. The van der Waals surface area contributed by atoms with Crippen LogP contribution in [0.1, 0.15) is 17.6 Å². The number of aromatic amines is 1. The molecule has 4 atom stereocenters. The van der Waals surface area contributed by atoms with Crippen molar-refractivity contribution in [2.24, 2.45) is 0 Å². The molecule has 0 aliphatic carbocycles. The van der Waals surface area contributed by atoms with E-state index < -0.39 is 36.7 Å². The van der Waals surface area contributed by atoms with Gasteiger partial charge in [0.1, 0.15) is 24.1 Å². The number of H-pyrrole nitrogens is 1. The predicted octanol–water partition coefficient (Wildman–Crippen LogP) is -1.28. The average molecular weight is 413 g/mol. The number of methoxy groups -OCH3 is 1. The molecule has 0 spiro atoms. The van der Waals surface area contributed by atoms with Crippen LogP contribution in [0.15, 0.2) is 29.1 Å². The number of benzene rings is 1. The molecular weight excluding hydrogens is 394 g/mol. The van der Waals surface area contributed by atoms with Crippen molar-refractivity contribution in [2.45, 2.75) is 24.5 Å². The summed E-state index contributed by atoms with van der Waals surface area (Å²) in [4.78, 5) is 23.0. The quantitative estimate of drug-likeness (QED) is 0.328. The molecule has 3 aromatic rings. The van der Waals surface area contributed by atoms with Crippen molar-refractivity contribution < 1.29 is 24.8 Å². The van der Waals surface area contributed by atoms with Crippen LogP contribution in [0.5, 0.6) is 5.75 Å². The Kier molecular flexibility index (Phi) is 5.15. The van der Waals surface area contributed by atoms with Gasteiger partial charge in [-0.1, -0.05) is 5.92 Å². The second kappa shape index (κ2) is 7.77. The fourth-order valence-electron chi connectivity index (χ4n) is 3.23. The van der Waals surface area contributed by atoms with Crippen molar-refractivity contribution in [1.82, 2.24) is 19.5 Å². The third kappa shape index (κ3) is 3.38. The lowest BCUT2D eigenvalue weighted by Gasteiger charge is -2.17. The fraction of sp³-hybridized carbons (Fsp3) is 0.316. The molecule has 0 bridgehead atoms. The fourth-order valence-corrected chi connectivity index (χ4v) is 3.23. The molecular formula is C19H19N5O6. The molecule has 11 nitrogen and oxygen atoms in total. The first-order valence-corrected chi connectivity index (χ1v) is 8.99. The van der Waals surface area contributed by atoms with Crippen molar-refractivity contribution in [3.05, 3.63) is 46.0 Å². The van der Waals surface area contributed by atoms with E-state index in [2.05, 4.69) is 26.8 Å². The standard InChI is InChI=1S/C19H19N5O6/c1-29-10-5-2-9(3-6-10)4-7-12-21-13-16(22-19(20)23-17(13)28)24(12)18-15(27)14(26)11(8-25)30-18/h2-3,5-6,11,14-15,18,25-27H,8H2,1H3,(H3,20,22,23,28)/t11-,14?,15?,18-/m1/s1. The minimum atomic E-state index is -1.41. The van der Waals surface area contributed by atoms with Gasteiger partial charge in [-0.05, 0) is 30.2 Å². The van der Waals surface area contributed by atoms with Crippen molar-refractivity contribution in [3.8, 4) is 17.6 Å². The average Bonchev–Trinajstić information content (AvgIpc) is 3.24. The van der Waals surface area contributed by atoms with Gasteiger partial charge in [0.05, 0.1) is 13.7 Å². The van der Waals surface area contributed by atoms with Gasteiger partial charge in [-0.15, -0.1) is 0 Å². The summed E-state index contributed by atoms with van der Waals surface area (Å²) in [6.45, 7) is -0.510. The maximum Gasteiger partial charge on any atom is 0.280 e. The molecule has 2 unspecified atom stereocenters. The van der Waals surface area contributed by atoms with Crippen LogP contribution >= 0.6 is 0 Å². The van der Waals surface area contributed by atoms with Crippen molar-refractivity contribution in [3.63, 3.8) is 0 Å². The lowest BCUT2D eigenvalue weighted by molar-refractivity contribution is -0.0514. The maximum atomic E-state index is 12.3. The van der Waals surface area contributed by atoms with Crippen LogP contribution in [0.4, 0.5) is 5.95 Å². The number of fused-ring (bicyclic) bond motifs is 1. The number of hydrogen-bond acceptors (Lipinski definition) is 9. The maximum absolute atomic E-state index is 12.3. The summed E-state index contributed by atoms with van der Waals surface area (Å²) in [7, 11) is 1.56. The Balaban J connectivity index is 1.85. The number of nitrogen functional groups attached to an aromatic ring is 1. The third-order valence-corrected chi connectivity index (χ3v) is 4.75. The van der Waals surface area contributed by atoms with Gasteiger partial charge >= 0.3 is 0 Å². The number of nitrogens with zero attached hydrogens (tertiary/aromatic N) is 3. The van der Waals surface area contributed by atoms with Crippen LogP contribution in [0.2, 0.25) is 0 Å². The molecule has 3 heterocycles. The van der Waals surface area contributed by atoms with Gasteiger partial charge in [0.2, 0.25) is 5.95 Å². The zero-order valence-corrected chi connectivity index (χ0v) is 15.8. The molecule has 4 rings (SSSR count). The van der Waals surface area contributed by atoms with E-state index in [9.17, 15) is 20.1 Å². The van der Waals surface area contributed by atoms with E-state index in [0.29, 0.717) is 11.3 Å². The topological polar surface area (TPSA) is 169 Å². The van der Waals surface area contributed by atoms with E-state index >= 15 is 0 Å². The largest absolute Gasteiger partial charge is 0.497 e. The number of rotatable bonds is 3. The Bertz CT molecular complexity index is 1190. The highest BCUT2D eigenvalue weighted by molar-refractivity contribution is 5.73. The molecule has 1 aliphatic heterocycles. The molecule has 11 heteroatoms. The lowest BCUT2D eigenvalue weighted by atomic mass is 10.1. The van der Waals surface area contributed by atoms with E-state index in [-0.39, 0.29) is 22.9 Å². The molecule has 1 aromatic carbocycles. The summed E-state index contributed by atoms with van der Waals surface area (Å²) >= 11 is 0. The van der Waals surface area contributed by atoms with Gasteiger partial charge in [-0.3, -0.25) is 14.3 Å². The number of anilines is 1. The number of nitrogens with one attached hydrogen (secondary N) is 1. The van der Waals surface area contributed by atoms with Crippen LogP contribution in [0.25, 0.3) is 11.2 Å². The summed E-state index contributed by atoms with van der Waals surface area (Å²) in [5, 5.41) is 30.0. The van der Waals surface area contributed by atoms with E-state index in [1.54, 1.807) is 31.4 Å². The van der Waals surface area contributed by atoms with E-state index in [1.807, 2.05) is 0 Å². The highest BCUT2D eigenvalue weighted by Gasteiger charge is 2.45. The Labute approximate surface area is 169 Å². The first-order valence-electron chi connectivity index (χ1n) is 8.99. The second-order valence-electron chi connectivity index (χ2n) is 6.64. The number of nitrogens with two attached hydrogens (primary N) is 1. The van der Waals surface area contributed by atoms with Crippen LogP contribution in [0, 0.1) is 11.8 Å². The Morgan fingerprint density at radius 3 is 2.60 bits per heavy atom. The zero-order valence-electron chi connectivity index (χ0n) is 15.8. The van der Waals surface area contributed by atoms with Crippen molar-refractivity contribution in [1.29, 1.82) is 0 Å². The van der Waals surface area contributed by atoms with E-state index in [4.69, 9.17) is 15.2 Å². The molecule has 156 valence electrons. The number of hydrogen-bond donors (Lipinski definition) is 5. The van der Waals surface area contributed by atoms with Crippen molar-refractivity contribution in [2.75, 3.05) is 19.5 Å². The Hall–Kier alpha value is -3.43. The summed E-state index contributed by atoms with van der Waals surface area (Å²) in [6, 6.07) is 6.97. The van der Waals surface area contributed by atoms with Crippen LogP contribution in [0.3, 0.4) is 0 Å². The van der Waals surface area contributed by atoms with Gasteiger partial charge < -0.3 is 30.5 Å². The van der Waals surface area contributed by atoms with Crippen LogP contribution in [-0.2, 0) is 4.74 Å². The first kappa shape index (κ1) is 19.9. The summed E-state index contributed by atoms with van der Waals surface area (Å²) in [6.07, 6.45) is -4.97. The van der Waals surface area contributed by atoms with Crippen molar-refractivity contribution >= 4 is 17.1 Å². The molecule has 1 aliphatic rings. The molecule has 2 aromatic heterocycles. The van der Waals surface area contributed by atoms with Gasteiger partial charge in [0, 0.05) is 5.56 Å². The highest BCUT2D eigenvalue weighted by atomic mass is 16.6. The Morgan fingerprint density at radius 1 is 1.23 bits per heavy atom. The summed E-state index contributed by atoms with van der Waals surface area (Å²) in [5.41, 5.74) is 5.70. The smallest absolute Gasteiger partial charge is 0.280 e. The van der Waals surface area contributed by atoms with Crippen LogP contribution in [-0.4, -0.2) is 66.9 Å². The van der Waals surface area contributed by atoms with Gasteiger partial charge in [0.15, 0.2) is 23.2 Å². The molecule has 1 saturated heterocycles. The monoisotopic (exact) mass is 413 g/mol. The number of aliphatic hydroxyl groups is 3. The lowest BCUT2D eigenvalue weighted by Crippen LogP contribution is -2.33. The molecule has 1 fully saturated rings. The molecule has 0 amide bonds. The van der Waals surface area contributed by atoms with E-state index in [0.717, 1.165) is 0 Å². The van der Waals surface area contributed by atoms with Gasteiger partial charge in [0.25, 0.3) is 5.56 Å². The number of ether oxygens (including phenoxy) is 2.